The summed E-state index contributed by atoms with van der Waals surface area (Å²) in [5.41, 5.74) is 0.748. The molecule has 3 aromatic rings. The maximum absolute atomic E-state index is 14.3. The Hall–Kier alpha value is -3.47. The lowest BCUT2D eigenvalue weighted by Crippen LogP contribution is -2.47. The Morgan fingerprint density at radius 3 is 2.66 bits per heavy atom. The van der Waals surface area contributed by atoms with Gasteiger partial charge < -0.3 is 5.32 Å². The zero-order chi connectivity index (χ0) is 20.4. The van der Waals surface area contributed by atoms with Gasteiger partial charge in [0.25, 0.3) is 0 Å². The number of anilines is 1. The second-order valence-corrected chi connectivity index (χ2v) is 7.45. The first-order valence-electron chi connectivity index (χ1n) is 9.25. The quantitative estimate of drug-likeness (QED) is 0.709. The molecule has 1 saturated carbocycles. The number of halogens is 2. The van der Waals surface area contributed by atoms with Crippen LogP contribution < -0.4 is 5.32 Å². The topological polar surface area (TPSA) is 87.4 Å². The van der Waals surface area contributed by atoms with Gasteiger partial charge in [0.05, 0.1) is 23.5 Å². The monoisotopic (exact) mass is 392 g/mol. The van der Waals surface area contributed by atoms with Gasteiger partial charge >= 0.3 is 0 Å². The van der Waals surface area contributed by atoms with Crippen LogP contribution >= 0.6 is 0 Å². The summed E-state index contributed by atoms with van der Waals surface area (Å²) in [5, 5.41) is 20.1. The van der Waals surface area contributed by atoms with Crippen LogP contribution in [0.5, 0.6) is 0 Å². The molecule has 1 fully saturated rings. The molecule has 8 heteroatoms. The molecular formula is C21H18F2N6. The SMILES string of the molecule is CC1CC(CNc2ncc(-c3cc(C#N)ccc3F)nn2)(c2ncccc2F)C1. The minimum absolute atomic E-state index is 0.162. The minimum Gasteiger partial charge on any atom is -0.352 e. The van der Waals surface area contributed by atoms with E-state index in [1.807, 2.05) is 6.07 Å². The first-order valence-corrected chi connectivity index (χ1v) is 9.25. The van der Waals surface area contributed by atoms with Crippen LogP contribution in [0, 0.1) is 28.9 Å². The van der Waals surface area contributed by atoms with Gasteiger partial charge in [0.2, 0.25) is 5.95 Å². The second-order valence-electron chi connectivity index (χ2n) is 7.45. The summed E-state index contributed by atoms with van der Waals surface area (Å²) in [7, 11) is 0. The third-order valence-electron chi connectivity index (χ3n) is 5.26. The summed E-state index contributed by atoms with van der Waals surface area (Å²) >= 11 is 0. The van der Waals surface area contributed by atoms with Crippen molar-refractivity contribution in [3.05, 3.63) is 65.6 Å². The van der Waals surface area contributed by atoms with Crippen molar-refractivity contribution in [3.8, 4) is 17.3 Å². The Bertz CT molecular complexity index is 1070. The summed E-state index contributed by atoms with van der Waals surface area (Å²) in [5.74, 6) is -0.0758. The molecule has 6 nitrogen and oxygen atoms in total. The normalized spacial score (nSPS) is 20.6. The maximum Gasteiger partial charge on any atom is 0.242 e. The van der Waals surface area contributed by atoms with E-state index < -0.39 is 11.2 Å². The van der Waals surface area contributed by atoms with Crippen LogP contribution in [0.1, 0.15) is 31.0 Å². The number of nitriles is 1. The van der Waals surface area contributed by atoms with Crippen molar-refractivity contribution in [1.29, 1.82) is 5.26 Å². The van der Waals surface area contributed by atoms with Gasteiger partial charge in [-0.15, -0.1) is 10.2 Å². The fourth-order valence-corrected chi connectivity index (χ4v) is 3.99. The third-order valence-corrected chi connectivity index (χ3v) is 5.26. The van der Waals surface area contributed by atoms with Gasteiger partial charge in [-0.3, -0.25) is 4.98 Å². The van der Waals surface area contributed by atoms with Crippen molar-refractivity contribution < 1.29 is 8.78 Å². The van der Waals surface area contributed by atoms with Crippen molar-refractivity contribution >= 4 is 5.95 Å². The lowest BCUT2D eigenvalue weighted by atomic mass is 9.60. The lowest BCUT2D eigenvalue weighted by molar-refractivity contribution is 0.159. The standard InChI is InChI=1S/C21H18F2N6/c1-13-8-21(9-13,19-17(23)3-2-6-25-19)12-27-20-26-11-18(28-29-20)15-7-14(10-24)4-5-16(15)22/h2-7,11,13H,8-9,12H2,1H3,(H,26,27,29). The van der Waals surface area contributed by atoms with Crippen LogP contribution in [0.2, 0.25) is 0 Å². The van der Waals surface area contributed by atoms with Gasteiger partial charge in [-0.1, -0.05) is 6.92 Å². The molecule has 0 saturated heterocycles. The van der Waals surface area contributed by atoms with E-state index in [4.69, 9.17) is 5.26 Å². The minimum atomic E-state index is -0.506. The smallest absolute Gasteiger partial charge is 0.242 e. The zero-order valence-corrected chi connectivity index (χ0v) is 15.7. The highest BCUT2D eigenvalue weighted by molar-refractivity contribution is 5.61. The van der Waals surface area contributed by atoms with Gasteiger partial charge in [0.1, 0.15) is 17.3 Å². The fraction of sp³-hybridized carbons (Fsp3) is 0.286. The van der Waals surface area contributed by atoms with E-state index in [1.54, 1.807) is 12.3 Å². The molecule has 29 heavy (non-hydrogen) atoms. The molecule has 2 heterocycles. The Morgan fingerprint density at radius 2 is 2.00 bits per heavy atom. The van der Waals surface area contributed by atoms with Gasteiger partial charge in [-0.2, -0.15) is 5.26 Å². The predicted molar refractivity (Wildman–Crippen MR) is 103 cm³/mol. The molecular weight excluding hydrogens is 374 g/mol. The molecule has 0 radical (unpaired) electrons. The van der Waals surface area contributed by atoms with Crippen LogP contribution in [0.4, 0.5) is 14.7 Å². The number of aromatic nitrogens is 4. The van der Waals surface area contributed by atoms with Crippen molar-refractivity contribution in [1.82, 2.24) is 20.2 Å². The van der Waals surface area contributed by atoms with Gasteiger partial charge in [0, 0.05) is 23.7 Å². The van der Waals surface area contributed by atoms with E-state index in [0.29, 0.717) is 23.7 Å². The van der Waals surface area contributed by atoms with E-state index in [1.165, 1.54) is 30.5 Å². The molecule has 1 N–H and O–H groups in total. The van der Waals surface area contributed by atoms with Crippen molar-refractivity contribution in [2.45, 2.75) is 25.2 Å². The number of benzene rings is 1. The first kappa shape index (κ1) is 18.9. The molecule has 1 aliphatic rings. The maximum atomic E-state index is 14.3. The van der Waals surface area contributed by atoms with Gasteiger partial charge in [-0.25, -0.2) is 13.8 Å². The van der Waals surface area contributed by atoms with E-state index in [2.05, 4.69) is 32.4 Å². The molecule has 0 atom stereocenters. The average Bonchev–Trinajstić information content (AvgIpc) is 2.72. The molecule has 0 bridgehead atoms. The number of hydrogen-bond donors (Lipinski definition) is 1. The van der Waals surface area contributed by atoms with Crippen LogP contribution in [-0.2, 0) is 5.41 Å². The highest BCUT2D eigenvalue weighted by atomic mass is 19.1. The summed E-state index contributed by atoms with van der Waals surface area (Å²) in [4.78, 5) is 8.46. The van der Waals surface area contributed by atoms with Crippen LogP contribution in [0.15, 0.2) is 42.7 Å². The summed E-state index contributed by atoms with van der Waals surface area (Å²) in [6, 6.07) is 8.98. The number of pyridine rings is 1. The largest absolute Gasteiger partial charge is 0.352 e. The van der Waals surface area contributed by atoms with Crippen molar-refractivity contribution in [2.24, 2.45) is 5.92 Å². The molecule has 1 aliphatic carbocycles. The second kappa shape index (κ2) is 7.51. The first-order chi connectivity index (χ1) is 14.0. The Kier molecular flexibility index (Phi) is 4.89. The number of nitrogens with zero attached hydrogens (tertiary/aromatic N) is 5. The summed E-state index contributed by atoms with van der Waals surface area (Å²) in [6.07, 6.45) is 4.61. The third kappa shape index (κ3) is 3.63. The lowest BCUT2D eigenvalue weighted by Gasteiger charge is -2.46. The zero-order valence-electron chi connectivity index (χ0n) is 15.7. The average molecular weight is 392 g/mol. The van der Waals surface area contributed by atoms with Crippen molar-refractivity contribution in [2.75, 3.05) is 11.9 Å². The molecule has 0 spiro atoms. The Balaban J connectivity index is 1.52. The highest BCUT2D eigenvalue weighted by Crippen LogP contribution is 2.47. The molecule has 1 aromatic carbocycles. The number of rotatable bonds is 5. The summed E-state index contributed by atoms with van der Waals surface area (Å²) < 4.78 is 28.4. The molecule has 0 unspecified atom stereocenters. The van der Waals surface area contributed by atoms with E-state index in [9.17, 15) is 8.78 Å². The van der Waals surface area contributed by atoms with E-state index in [-0.39, 0.29) is 23.0 Å². The number of nitrogens with one attached hydrogen (secondary N) is 1. The van der Waals surface area contributed by atoms with Crippen molar-refractivity contribution in [3.63, 3.8) is 0 Å². The van der Waals surface area contributed by atoms with Crippen LogP contribution in [-0.4, -0.2) is 26.7 Å². The van der Waals surface area contributed by atoms with Crippen LogP contribution in [0.3, 0.4) is 0 Å². The molecule has 146 valence electrons. The molecule has 0 amide bonds. The summed E-state index contributed by atoms with van der Waals surface area (Å²) in [6.45, 7) is 2.54. The molecule has 0 aliphatic heterocycles. The van der Waals surface area contributed by atoms with Gasteiger partial charge in [0.15, 0.2) is 0 Å². The number of hydrogen-bond acceptors (Lipinski definition) is 6. The molecule has 2 aromatic heterocycles. The van der Waals surface area contributed by atoms with E-state index in [0.717, 1.165) is 12.8 Å². The Morgan fingerprint density at radius 1 is 1.17 bits per heavy atom. The van der Waals surface area contributed by atoms with Gasteiger partial charge in [-0.05, 0) is 49.1 Å². The predicted octanol–water partition coefficient (Wildman–Crippen LogP) is 3.86. The fourth-order valence-electron chi connectivity index (χ4n) is 3.99. The Labute approximate surface area is 166 Å². The molecule has 4 rings (SSSR count). The van der Waals surface area contributed by atoms with E-state index >= 15 is 0 Å². The highest BCUT2D eigenvalue weighted by Gasteiger charge is 2.46. The van der Waals surface area contributed by atoms with Crippen LogP contribution in [0.25, 0.3) is 11.3 Å².